The second-order valence-electron chi connectivity index (χ2n) is 9.34. The molecule has 1 atom stereocenters. The van der Waals surface area contributed by atoms with Gasteiger partial charge in [-0.25, -0.2) is 4.79 Å². The molecule has 3 rings (SSSR count). The predicted octanol–water partition coefficient (Wildman–Crippen LogP) is 6.42. The third-order valence-electron chi connectivity index (χ3n) is 6.14. The molecule has 0 aromatic heterocycles. The number of nitrogens with one attached hydrogen (secondary N) is 2. The van der Waals surface area contributed by atoms with Crippen LogP contribution in [0, 0.1) is 0 Å². The third-order valence-corrected chi connectivity index (χ3v) is 8.28. The minimum Gasteiger partial charge on any atom is -0.494 e. The predicted molar refractivity (Wildman–Crippen MR) is 158 cm³/mol. The molecule has 0 saturated carbocycles. The van der Waals surface area contributed by atoms with E-state index in [4.69, 9.17) is 18.5 Å². The average Bonchev–Trinajstić information content (AvgIpc) is 3.01. The van der Waals surface area contributed by atoms with E-state index in [2.05, 4.69) is 10.6 Å². The minimum atomic E-state index is -4.77. The summed E-state index contributed by atoms with van der Waals surface area (Å²) in [4.78, 5) is 25.7. The maximum atomic E-state index is 15.1. The van der Waals surface area contributed by atoms with E-state index in [1.807, 2.05) is 48.5 Å². The quantitative estimate of drug-likeness (QED) is 0.133. The summed E-state index contributed by atoms with van der Waals surface area (Å²) in [6, 6.07) is 22.2. The lowest BCUT2D eigenvalue weighted by molar-refractivity contribution is -0.123. The van der Waals surface area contributed by atoms with E-state index in [0.29, 0.717) is 24.3 Å². The van der Waals surface area contributed by atoms with Crippen molar-refractivity contribution < 1.29 is 41.5 Å². The number of halogens is 2. The van der Waals surface area contributed by atoms with Crippen molar-refractivity contribution in [1.29, 1.82) is 0 Å². The van der Waals surface area contributed by atoms with Gasteiger partial charge in [0.1, 0.15) is 18.4 Å². The van der Waals surface area contributed by atoms with Crippen molar-refractivity contribution in [2.45, 2.75) is 45.0 Å². The molecule has 2 amide bonds. The second-order valence-corrected chi connectivity index (χ2v) is 11.4. The van der Waals surface area contributed by atoms with Crippen LogP contribution in [-0.2, 0) is 41.8 Å². The molecule has 0 heterocycles. The summed E-state index contributed by atoms with van der Waals surface area (Å²) in [7, 11) is -4.77. The molecule has 0 saturated heterocycles. The van der Waals surface area contributed by atoms with Crippen LogP contribution in [0.15, 0.2) is 84.9 Å². The van der Waals surface area contributed by atoms with Crippen LogP contribution in [0.25, 0.3) is 0 Å². The lowest BCUT2D eigenvalue weighted by Crippen LogP contribution is -2.48. The Hall–Kier alpha value is -3.79. The molecule has 12 heteroatoms. The van der Waals surface area contributed by atoms with Gasteiger partial charge in [0.05, 0.1) is 19.8 Å². The SMILES string of the molecule is CCOP(=O)(OCC)C(F)(F)c1ccc(CC(NC(=O)OCc2ccccc2)C(=O)NCCCOc2ccccc2)cc1. The first kappa shape index (κ1) is 33.7. The molecule has 0 bridgehead atoms. The highest BCUT2D eigenvalue weighted by atomic mass is 31.2. The topological polar surface area (TPSA) is 112 Å². The summed E-state index contributed by atoms with van der Waals surface area (Å²) < 4.78 is 63.7. The van der Waals surface area contributed by atoms with Crippen LogP contribution in [0.1, 0.15) is 37.0 Å². The summed E-state index contributed by atoms with van der Waals surface area (Å²) in [6.45, 7) is 3.11. The summed E-state index contributed by atoms with van der Waals surface area (Å²) in [5.74, 6) is 0.227. The van der Waals surface area contributed by atoms with Crippen LogP contribution in [-0.4, -0.2) is 44.4 Å². The standard InChI is InChI=1S/C31H37F2N2O7P/c1-3-41-43(38,42-4-2)31(32,33)26-18-16-24(17-19-26)22-28(35-30(37)40-23-25-12-7-5-8-13-25)29(36)34-20-11-21-39-27-14-9-6-10-15-27/h5-10,12-19,28H,3-4,11,20-23H2,1-2H3,(H,34,36)(H,35,37). The average molecular weight is 619 g/mol. The van der Waals surface area contributed by atoms with Crippen molar-refractivity contribution in [2.75, 3.05) is 26.4 Å². The molecule has 0 aliphatic rings. The van der Waals surface area contributed by atoms with Crippen molar-refractivity contribution in [3.63, 3.8) is 0 Å². The zero-order valence-electron chi connectivity index (χ0n) is 24.2. The van der Waals surface area contributed by atoms with Crippen molar-refractivity contribution in [2.24, 2.45) is 0 Å². The Morgan fingerprint density at radius 1 is 0.860 bits per heavy atom. The zero-order valence-corrected chi connectivity index (χ0v) is 25.1. The summed E-state index contributed by atoms with van der Waals surface area (Å²) >= 11 is 0. The maximum Gasteiger partial charge on any atom is 0.408 e. The molecular formula is C31H37F2N2O7P. The highest BCUT2D eigenvalue weighted by Gasteiger charge is 2.54. The lowest BCUT2D eigenvalue weighted by atomic mass is 10.0. The van der Waals surface area contributed by atoms with Crippen LogP contribution in [0.4, 0.5) is 13.6 Å². The van der Waals surface area contributed by atoms with Crippen LogP contribution in [0.5, 0.6) is 5.75 Å². The molecule has 0 spiro atoms. The van der Waals surface area contributed by atoms with E-state index in [1.165, 1.54) is 26.0 Å². The van der Waals surface area contributed by atoms with Gasteiger partial charge >= 0.3 is 19.4 Å². The van der Waals surface area contributed by atoms with Gasteiger partial charge in [0.15, 0.2) is 0 Å². The normalized spacial score (nSPS) is 12.3. The molecule has 0 fully saturated rings. The van der Waals surface area contributed by atoms with Crippen LogP contribution in [0.2, 0.25) is 0 Å². The number of alkyl carbamates (subject to hydrolysis) is 1. The number of amides is 2. The van der Waals surface area contributed by atoms with Crippen LogP contribution in [0.3, 0.4) is 0 Å². The van der Waals surface area contributed by atoms with Gasteiger partial charge in [-0.05, 0) is 43.5 Å². The van der Waals surface area contributed by atoms with Crippen molar-refractivity contribution in [3.8, 4) is 5.75 Å². The Morgan fingerprint density at radius 2 is 1.47 bits per heavy atom. The fraction of sp³-hybridized carbons (Fsp3) is 0.355. The van der Waals surface area contributed by atoms with Gasteiger partial charge in [-0.1, -0.05) is 72.8 Å². The van der Waals surface area contributed by atoms with Gasteiger partial charge in [-0.15, -0.1) is 0 Å². The molecule has 3 aromatic rings. The number of hydrogen-bond acceptors (Lipinski definition) is 7. The molecule has 9 nitrogen and oxygen atoms in total. The number of ether oxygens (including phenoxy) is 2. The number of benzene rings is 3. The smallest absolute Gasteiger partial charge is 0.408 e. The van der Waals surface area contributed by atoms with Crippen molar-refractivity contribution >= 4 is 19.6 Å². The molecule has 0 radical (unpaired) electrons. The van der Waals surface area contributed by atoms with Gasteiger partial charge in [0.25, 0.3) is 0 Å². The van der Waals surface area contributed by atoms with Gasteiger partial charge in [-0.3, -0.25) is 9.36 Å². The van der Waals surface area contributed by atoms with Gasteiger partial charge in [0.2, 0.25) is 5.91 Å². The lowest BCUT2D eigenvalue weighted by Gasteiger charge is -2.26. The maximum absolute atomic E-state index is 15.1. The van der Waals surface area contributed by atoms with Gasteiger partial charge in [-0.2, -0.15) is 8.78 Å². The zero-order chi connectivity index (χ0) is 31.1. The Kier molecular flexibility index (Phi) is 13.1. The van der Waals surface area contributed by atoms with Crippen molar-refractivity contribution in [1.82, 2.24) is 10.6 Å². The molecule has 0 aliphatic carbocycles. The number of carbonyl (C=O) groups excluding carboxylic acids is 2. The van der Waals surface area contributed by atoms with E-state index >= 15 is 8.78 Å². The number of para-hydroxylation sites is 1. The Bertz CT molecular complexity index is 1320. The number of carbonyl (C=O) groups is 2. The highest BCUT2D eigenvalue weighted by Crippen LogP contribution is 2.66. The monoisotopic (exact) mass is 618 g/mol. The van der Waals surface area contributed by atoms with Gasteiger partial charge < -0.3 is 29.2 Å². The first-order valence-corrected chi connectivity index (χ1v) is 15.5. The largest absolute Gasteiger partial charge is 0.494 e. The second kappa shape index (κ2) is 16.7. The molecule has 0 aliphatic heterocycles. The highest BCUT2D eigenvalue weighted by molar-refractivity contribution is 7.54. The van der Waals surface area contributed by atoms with E-state index in [9.17, 15) is 14.2 Å². The molecule has 232 valence electrons. The Labute approximate surface area is 250 Å². The summed E-state index contributed by atoms with van der Waals surface area (Å²) in [5, 5.41) is 5.34. The Balaban J connectivity index is 1.66. The van der Waals surface area contributed by atoms with Gasteiger partial charge in [0, 0.05) is 18.5 Å². The van der Waals surface area contributed by atoms with E-state index in [0.717, 1.165) is 17.7 Å². The third kappa shape index (κ3) is 10.2. The minimum absolute atomic E-state index is 0.00132. The molecule has 2 N–H and O–H groups in total. The number of hydrogen-bond donors (Lipinski definition) is 2. The van der Waals surface area contributed by atoms with Crippen LogP contribution < -0.4 is 15.4 Å². The molecular weight excluding hydrogens is 581 g/mol. The first-order chi connectivity index (χ1) is 20.7. The molecule has 43 heavy (non-hydrogen) atoms. The number of alkyl halides is 2. The van der Waals surface area contributed by atoms with E-state index < -0.39 is 36.9 Å². The summed E-state index contributed by atoms with van der Waals surface area (Å²) in [5.41, 5.74) is -3.21. The summed E-state index contributed by atoms with van der Waals surface area (Å²) in [6.07, 6.45) is -0.323. The van der Waals surface area contributed by atoms with E-state index in [-0.39, 0.29) is 32.8 Å². The fourth-order valence-corrected chi connectivity index (χ4v) is 5.55. The molecule has 1 unspecified atom stereocenters. The number of rotatable bonds is 17. The Morgan fingerprint density at radius 3 is 2.07 bits per heavy atom. The van der Waals surface area contributed by atoms with Crippen molar-refractivity contribution in [3.05, 3.63) is 102 Å². The molecule has 3 aromatic carbocycles. The first-order valence-electron chi connectivity index (χ1n) is 14.0. The van der Waals surface area contributed by atoms with Crippen LogP contribution >= 0.6 is 7.60 Å². The fourth-order valence-electron chi connectivity index (χ4n) is 4.00. The van der Waals surface area contributed by atoms with E-state index in [1.54, 1.807) is 12.1 Å².